The minimum atomic E-state index is 0.792. The summed E-state index contributed by atoms with van der Waals surface area (Å²) in [6.07, 6.45) is 7.91. The van der Waals surface area contributed by atoms with Gasteiger partial charge in [-0.15, -0.1) is 6.42 Å². The highest BCUT2D eigenvalue weighted by Gasteiger charge is 1.98. The zero-order valence-corrected chi connectivity index (χ0v) is 5.79. The van der Waals surface area contributed by atoms with Crippen molar-refractivity contribution in [3.63, 3.8) is 0 Å². The summed E-state index contributed by atoms with van der Waals surface area (Å²) < 4.78 is 5.04. The molecule has 1 nitrogen and oxygen atoms in total. The number of terminal acetylenes is 1. The zero-order chi connectivity index (χ0) is 7.68. The third kappa shape index (κ3) is 0.805. The molecular formula is C10H5O. The first-order valence-corrected chi connectivity index (χ1v) is 3.27. The summed E-state index contributed by atoms with van der Waals surface area (Å²) in [5.74, 6) is 2.58. The van der Waals surface area contributed by atoms with Gasteiger partial charge in [0.25, 0.3) is 0 Å². The molecule has 0 unspecified atom stereocenters. The summed E-state index contributed by atoms with van der Waals surface area (Å²) in [4.78, 5) is 0. The number of benzene rings is 1. The van der Waals surface area contributed by atoms with E-state index < -0.39 is 0 Å². The molecule has 0 N–H and O–H groups in total. The second-order valence-electron chi connectivity index (χ2n) is 2.23. The van der Waals surface area contributed by atoms with Crippen LogP contribution in [-0.2, 0) is 0 Å². The van der Waals surface area contributed by atoms with Crippen molar-refractivity contribution in [2.24, 2.45) is 0 Å². The van der Waals surface area contributed by atoms with Crippen LogP contribution >= 0.6 is 0 Å². The van der Waals surface area contributed by atoms with Gasteiger partial charge in [-0.05, 0) is 18.2 Å². The van der Waals surface area contributed by atoms with Crippen LogP contribution in [0.1, 0.15) is 5.56 Å². The van der Waals surface area contributed by atoms with E-state index in [9.17, 15) is 0 Å². The van der Waals surface area contributed by atoms with E-state index in [-0.39, 0.29) is 0 Å². The Morgan fingerprint density at radius 2 is 2.36 bits per heavy atom. The van der Waals surface area contributed by atoms with E-state index in [4.69, 9.17) is 10.8 Å². The maximum absolute atomic E-state index is 5.27. The molecule has 2 aromatic rings. The van der Waals surface area contributed by atoms with Gasteiger partial charge in [0.1, 0.15) is 5.58 Å². The molecule has 0 bridgehead atoms. The van der Waals surface area contributed by atoms with E-state index in [1.165, 1.54) is 0 Å². The Balaban J connectivity index is 2.92. The Bertz CT molecular complexity index is 418. The van der Waals surface area contributed by atoms with E-state index in [1.54, 1.807) is 6.07 Å². The molecule has 1 heteroatoms. The summed E-state index contributed by atoms with van der Waals surface area (Å²) in [7, 11) is 0. The fourth-order valence-corrected chi connectivity index (χ4v) is 1.06. The molecule has 1 aromatic heterocycles. The van der Waals surface area contributed by atoms with Gasteiger partial charge < -0.3 is 4.42 Å². The summed E-state index contributed by atoms with van der Waals surface area (Å²) in [6.45, 7) is 0. The highest BCUT2D eigenvalue weighted by molar-refractivity contribution is 5.83. The number of rotatable bonds is 0. The molecule has 1 heterocycles. The normalized spacial score (nSPS) is 9.73. The monoisotopic (exact) mass is 141 g/mol. The molecule has 0 saturated heterocycles. The summed E-state index contributed by atoms with van der Waals surface area (Å²) in [5, 5.41) is 0.954. The molecule has 0 aliphatic heterocycles. The molecule has 2 rings (SSSR count). The van der Waals surface area contributed by atoms with Crippen LogP contribution in [0.15, 0.2) is 28.7 Å². The fourth-order valence-electron chi connectivity index (χ4n) is 1.06. The summed E-state index contributed by atoms with van der Waals surface area (Å²) >= 11 is 0. The first-order valence-electron chi connectivity index (χ1n) is 3.27. The largest absolute Gasteiger partial charge is 0.453 e. The molecule has 0 aliphatic rings. The van der Waals surface area contributed by atoms with Gasteiger partial charge >= 0.3 is 0 Å². The first kappa shape index (κ1) is 6.06. The van der Waals surface area contributed by atoms with E-state index in [1.807, 2.05) is 18.2 Å². The van der Waals surface area contributed by atoms with Crippen molar-refractivity contribution in [3.05, 3.63) is 36.1 Å². The first-order chi connectivity index (χ1) is 5.42. The number of hydrogen-bond acceptors (Lipinski definition) is 1. The standard InChI is InChI=1S/C10H5O/c1-2-8-4-3-5-10-9(8)6-7-11-10/h1,3-6H. The van der Waals surface area contributed by atoms with Crippen LogP contribution < -0.4 is 0 Å². The molecule has 0 fully saturated rings. The van der Waals surface area contributed by atoms with Gasteiger partial charge in [-0.3, -0.25) is 0 Å². The van der Waals surface area contributed by atoms with Crippen molar-refractivity contribution < 1.29 is 4.42 Å². The summed E-state index contributed by atoms with van der Waals surface area (Å²) in [5.41, 5.74) is 1.65. The molecule has 11 heavy (non-hydrogen) atoms. The van der Waals surface area contributed by atoms with Crippen molar-refractivity contribution in [2.75, 3.05) is 0 Å². The third-order valence-electron chi connectivity index (χ3n) is 1.59. The van der Waals surface area contributed by atoms with E-state index in [0.29, 0.717) is 0 Å². The van der Waals surface area contributed by atoms with Crippen molar-refractivity contribution in [1.82, 2.24) is 0 Å². The van der Waals surface area contributed by atoms with Gasteiger partial charge in [0.15, 0.2) is 6.26 Å². The SMILES string of the molecule is C#Cc1cccc2o[c]cc12. The molecule has 51 valence electrons. The lowest BCUT2D eigenvalue weighted by atomic mass is 10.1. The van der Waals surface area contributed by atoms with Gasteiger partial charge in [0.05, 0.1) is 0 Å². The van der Waals surface area contributed by atoms with Crippen LogP contribution in [0.5, 0.6) is 0 Å². The number of hydrogen-bond donors (Lipinski definition) is 0. The Hall–Kier alpha value is -1.68. The van der Waals surface area contributed by atoms with Gasteiger partial charge in [-0.2, -0.15) is 0 Å². The van der Waals surface area contributed by atoms with Crippen LogP contribution in [0.4, 0.5) is 0 Å². The lowest BCUT2D eigenvalue weighted by Gasteiger charge is -1.89. The quantitative estimate of drug-likeness (QED) is 0.512. The predicted octanol–water partition coefficient (Wildman–Crippen LogP) is 2.21. The lowest BCUT2D eigenvalue weighted by molar-refractivity contribution is 0.606. The predicted molar refractivity (Wildman–Crippen MR) is 43.0 cm³/mol. The Kier molecular flexibility index (Phi) is 1.20. The fraction of sp³-hybridized carbons (Fsp3) is 0. The van der Waals surface area contributed by atoms with Crippen LogP contribution in [-0.4, -0.2) is 0 Å². The average molecular weight is 141 g/mol. The molecule has 0 atom stereocenters. The second-order valence-corrected chi connectivity index (χ2v) is 2.23. The number of furan rings is 1. The maximum Gasteiger partial charge on any atom is 0.170 e. The summed E-state index contributed by atoms with van der Waals surface area (Å²) in [6, 6.07) is 7.37. The minimum Gasteiger partial charge on any atom is -0.453 e. The van der Waals surface area contributed by atoms with Crippen molar-refractivity contribution in [3.8, 4) is 12.3 Å². The highest BCUT2D eigenvalue weighted by atomic mass is 16.3. The van der Waals surface area contributed by atoms with Crippen LogP contribution in [0, 0.1) is 18.6 Å². The zero-order valence-electron chi connectivity index (χ0n) is 5.79. The molecule has 1 radical (unpaired) electrons. The van der Waals surface area contributed by atoms with Crippen molar-refractivity contribution >= 4 is 11.0 Å². The molecule has 1 aromatic carbocycles. The van der Waals surface area contributed by atoms with E-state index in [2.05, 4.69) is 12.2 Å². The maximum atomic E-state index is 5.27. The Morgan fingerprint density at radius 3 is 3.18 bits per heavy atom. The molecule has 0 amide bonds. The third-order valence-corrected chi connectivity index (χ3v) is 1.59. The minimum absolute atomic E-state index is 0.792. The van der Waals surface area contributed by atoms with E-state index in [0.717, 1.165) is 16.5 Å². The average Bonchev–Trinajstić information content (AvgIpc) is 2.50. The highest BCUT2D eigenvalue weighted by Crippen LogP contribution is 2.17. The van der Waals surface area contributed by atoms with Crippen LogP contribution in [0.25, 0.3) is 11.0 Å². The Morgan fingerprint density at radius 1 is 1.45 bits per heavy atom. The molecule has 0 aliphatic carbocycles. The number of fused-ring (bicyclic) bond motifs is 1. The topological polar surface area (TPSA) is 13.1 Å². The van der Waals surface area contributed by atoms with Crippen molar-refractivity contribution in [2.45, 2.75) is 0 Å². The smallest absolute Gasteiger partial charge is 0.170 e. The van der Waals surface area contributed by atoms with Gasteiger partial charge in [-0.25, -0.2) is 0 Å². The van der Waals surface area contributed by atoms with Crippen LogP contribution in [0.3, 0.4) is 0 Å². The molecule has 0 spiro atoms. The van der Waals surface area contributed by atoms with Gasteiger partial charge in [-0.1, -0.05) is 12.0 Å². The second kappa shape index (κ2) is 2.17. The van der Waals surface area contributed by atoms with Crippen molar-refractivity contribution in [1.29, 1.82) is 0 Å². The van der Waals surface area contributed by atoms with Gasteiger partial charge in [0, 0.05) is 10.9 Å². The van der Waals surface area contributed by atoms with Crippen LogP contribution in [0.2, 0.25) is 0 Å². The van der Waals surface area contributed by atoms with E-state index >= 15 is 0 Å². The molecular weight excluding hydrogens is 136 g/mol. The van der Waals surface area contributed by atoms with Gasteiger partial charge in [0.2, 0.25) is 0 Å². The Labute approximate surface area is 64.6 Å². The lowest BCUT2D eigenvalue weighted by Crippen LogP contribution is -1.72. The molecule has 0 saturated carbocycles.